The van der Waals surface area contributed by atoms with Crippen LogP contribution >= 0.6 is 15.9 Å². The molecule has 2 rings (SSSR count). The van der Waals surface area contributed by atoms with Crippen LogP contribution in [0.15, 0.2) is 11.6 Å². The highest BCUT2D eigenvalue weighted by molar-refractivity contribution is 9.09. The molecule has 0 radical (unpaired) electrons. The van der Waals surface area contributed by atoms with Crippen molar-refractivity contribution in [1.29, 1.82) is 0 Å². The van der Waals surface area contributed by atoms with Gasteiger partial charge in [0.05, 0.1) is 0 Å². The van der Waals surface area contributed by atoms with Crippen molar-refractivity contribution in [3.8, 4) is 0 Å². The maximum absolute atomic E-state index is 3.73. The minimum absolute atomic E-state index is 0.883. The number of halogens is 1. The van der Waals surface area contributed by atoms with Crippen LogP contribution in [0.1, 0.15) is 64.7 Å². The third-order valence-corrected chi connectivity index (χ3v) is 5.36. The van der Waals surface area contributed by atoms with Crippen LogP contribution in [0.25, 0.3) is 0 Å². The molecule has 0 saturated heterocycles. The van der Waals surface area contributed by atoms with Crippen LogP contribution in [0.3, 0.4) is 0 Å². The molecule has 2 aliphatic rings. The molecule has 1 heteroatoms. The van der Waals surface area contributed by atoms with Gasteiger partial charge in [0.2, 0.25) is 0 Å². The molecule has 2 fully saturated rings. The third-order valence-electron chi connectivity index (χ3n) is 4.71. The molecule has 0 aromatic carbocycles. The van der Waals surface area contributed by atoms with Crippen LogP contribution in [-0.4, -0.2) is 5.33 Å². The van der Waals surface area contributed by atoms with Gasteiger partial charge in [0.1, 0.15) is 0 Å². The van der Waals surface area contributed by atoms with E-state index in [1.165, 1.54) is 57.8 Å². The highest BCUT2D eigenvalue weighted by Crippen LogP contribution is 2.35. The average molecular weight is 299 g/mol. The first-order chi connectivity index (χ1) is 8.29. The van der Waals surface area contributed by atoms with E-state index in [9.17, 15) is 0 Å². The smallest absolute Gasteiger partial charge is 0.0244 e. The second-order valence-corrected chi connectivity index (χ2v) is 6.80. The van der Waals surface area contributed by atoms with Crippen molar-refractivity contribution in [3.05, 3.63) is 11.6 Å². The Morgan fingerprint density at radius 1 is 1.06 bits per heavy atom. The topological polar surface area (TPSA) is 0 Å². The Labute approximate surface area is 115 Å². The number of hydrogen-bond acceptors (Lipinski definition) is 0. The lowest BCUT2D eigenvalue weighted by Crippen LogP contribution is -2.15. The van der Waals surface area contributed by atoms with Gasteiger partial charge < -0.3 is 0 Å². The van der Waals surface area contributed by atoms with Crippen LogP contribution in [0.5, 0.6) is 0 Å². The Balaban J connectivity index is 1.95. The van der Waals surface area contributed by atoms with Gasteiger partial charge in [-0.1, -0.05) is 66.6 Å². The number of allylic oxidation sites excluding steroid dienone is 2. The summed E-state index contributed by atoms with van der Waals surface area (Å²) in [5.74, 6) is 2.74. The molecule has 0 aromatic rings. The van der Waals surface area contributed by atoms with Crippen molar-refractivity contribution in [2.75, 3.05) is 5.33 Å². The fourth-order valence-electron chi connectivity index (χ4n) is 3.70. The Kier molecular flexibility index (Phi) is 5.59. The van der Waals surface area contributed by atoms with Crippen molar-refractivity contribution < 1.29 is 0 Å². The third kappa shape index (κ3) is 4.12. The van der Waals surface area contributed by atoms with Gasteiger partial charge >= 0.3 is 0 Å². The lowest BCUT2D eigenvalue weighted by atomic mass is 9.78. The molecule has 2 saturated carbocycles. The monoisotopic (exact) mass is 298 g/mol. The van der Waals surface area contributed by atoms with E-state index in [1.54, 1.807) is 5.57 Å². The predicted molar refractivity (Wildman–Crippen MR) is 79.6 cm³/mol. The van der Waals surface area contributed by atoms with Crippen molar-refractivity contribution in [2.45, 2.75) is 64.7 Å². The van der Waals surface area contributed by atoms with Gasteiger partial charge in [0.25, 0.3) is 0 Å². The highest BCUT2D eigenvalue weighted by atomic mass is 79.9. The standard InChI is InChI=1S/C16H27Br/c1-13-6-5-7-14(10-13)11-16(12-17)15-8-3-2-4-9-15/h11,13-15H,2-10,12H2,1H3. The van der Waals surface area contributed by atoms with Gasteiger partial charge in [-0.05, 0) is 43.4 Å². The molecule has 0 bridgehead atoms. The first kappa shape index (κ1) is 13.6. The zero-order valence-corrected chi connectivity index (χ0v) is 12.8. The molecular formula is C16H27Br. The van der Waals surface area contributed by atoms with Crippen LogP contribution in [-0.2, 0) is 0 Å². The van der Waals surface area contributed by atoms with E-state index in [4.69, 9.17) is 0 Å². The van der Waals surface area contributed by atoms with Crippen LogP contribution in [0, 0.1) is 17.8 Å². The molecule has 17 heavy (non-hydrogen) atoms. The Morgan fingerprint density at radius 2 is 1.82 bits per heavy atom. The second kappa shape index (κ2) is 6.97. The normalized spacial score (nSPS) is 32.7. The summed E-state index contributed by atoms with van der Waals surface area (Å²) in [4.78, 5) is 0. The largest absolute Gasteiger partial charge is 0.0880 e. The number of hydrogen-bond donors (Lipinski definition) is 0. The second-order valence-electron chi connectivity index (χ2n) is 6.24. The molecule has 0 spiro atoms. The fourth-order valence-corrected chi connectivity index (χ4v) is 4.34. The summed E-state index contributed by atoms with van der Waals surface area (Å²) in [6.07, 6.45) is 15.7. The van der Waals surface area contributed by atoms with Gasteiger partial charge in [-0.25, -0.2) is 0 Å². The van der Waals surface area contributed by atoms with E-state index in [0.717, 1.165) is 23.1 Å². The van der Waals surface area contributed by atoms with Gasteiger partial charge in [-0.3, -0.25) is 0 Å². The van der Waals surface area contributed by atoms with Gasteiger partial charge in [-0.2, -0.15) is 0 Å². The summed E-state index contributed by atoms with van der Waals surface area (Å²) in [5.41, 5.74) is 1.73. The minimum Gasteiger partial charge on any atom is -0.0880 e. The number of rotatable bonds is 3. The molecule has 0 aliphatic heterocycles. The molecule has 98 valence electrons. The first-order valence-corrected chi connectivity index (χ1v) is 8.68. The lowest BCUT2D eigenvalue weighted by molar-refractivity contribution is 0.320. The quantitative estimate of drug-likeness (QED) is 0.462. The predicted octanol–water partition coefficient (Wildman–Crippen LogP) is 5.71. The molecule has 2 aliphatic carbocycles. The Hall–Kier alpha value is 0.220. The average Bonchev–Trinajstić information content (AvgIpc) is 2.37. The molecule has 2 unspecified atom stereocenters. The van der Waals surface area contributed by atoms with E-state index in [0.29, 0.717) is 0 Å². The Bertz CT molecular complexity index is 250. The number of alkyl halides is 1. The molecule has 0 N–H and O–H groups in total. The van der Waals surface area contributed by atoms with Crippen LogP contribution in [0.2, 0.25) is 0 Å². The molecule has 0 nitrogen and oxygen atoms in total. The van der Waals surface area contributed by atoms with Crippen molar-refractivity contribution in [3.63, 3.8) is 0 Å². The summed E-state index contributed by atoms with van der Waals surface area (Å²) >= 11 is 3.73. The summed E-state index contributed by atoms with van der Waals surface area (Å²) < 4.78 is 0. The lowest BCUT2D eigenvalue weighted by Gasteiger charge is -2.28. The SMILES string of the molecule is CC1CCCC(C=C(CBr)C2CCCCC2)C1. The van der Waals surface area contributed by atoms with Gasteiger partial charge in [0, 0.05) is 5.33 Å². The van der Waals surface area contributed by atoms with Gasteiger partial charge in [0.15, 0.2) is 0 Å². The van der Waals surface area contributed by atoms with E-state index in [-0.39, 0.29) is 0 Å². The van der Waals surface area contributed by atoms with Crippen molar-refractivity contribution in [2.24, 2.45) is 17.8 Å². The summed E-state index contributed by atoms with van der Waals surface area (Å²) in [7, 11) is 0. The molecule has 0 aromatic heterocycles. The first-order valence-electron chi connectivity index (χ1n) is 7.56. The van der Waals surface area contributed by atoms with Crippen LogP contribution in [0.4, 0.5) is 0 Å². The van der Waals surface area contributed by atoms with Crippen LogP contribution < -0.4 is 0 Å². The summed E-state index contributed by atoms with van der Waals surface area (Å²) in [6, 6.07) is 0. The zero-order chi connectivity index (χ0) is 12.1. The van der Waals surface area contributed by atoms with E-state index in [1.807, 2.05) is 0 Å². The van der Waals surface area contributed by atoms with Crippen molar-refractivity contribution >= 4 is 15.9 Å². The molecule has 0 heterocycles. The van der Waals surface area contributed by atoms with Gasteiger partial charge in [-0.15, -0.1) is 0 Å². The zero-order valence-electron chi connectivity index (χ0n) is 11.3. The van der Waals surface area contributed by atoms with E-state index >= 15 is 0 Å². The molecule has 0 amide bonds. The maximum atomic E-state index is 3.73. The van der Waals surface area contributed by atoms with Crippen molar-refractivity contribution in [1.82, 2.24) is 0 Å². The van der Waals surface area contributed by atoms with E-state index < -0.39 is 0 Å². The maximum Gasteiger partial charge on any atom is 0.0244 e. The minimum atomic E-state index is 0.883. The summed E-state index contributed by atoms with van der Waals surface area (Å²) in [6.45, 7) is 2.43. The Morgan fingerprint density at radius 3 is 2.47 bits per heavy atom. The van der Waals surface area contributed by atoms with E-state index in [2.05, 4.69) is 28.9 Å². The highest BCUT2D eigenvalue weighted by Gasteiger charge is 2.21. The fraction of sp³-hybridized carbons (Fsp3) is 0.875. The molecule has 2 atom stereocenters. The summed E-state index contributed by atoms with van der Waals surface area (Å²) in [5, 5.41) is 1.11. The molecular weight excluding hydrogens is 272 g/mol.